The van der Waals surface area contributed by atoms with E-state index in [0.29, 0.717) is 18.1 Å². The average molecular weight is 155 g/mol. The highest BCUT2D eigenvalue weighted by atomic mass is 16.5. The van der Waals surface area contributed by atoms with Gasteiger partial charge in [-0.2, -0.15) is 0 Å². The minimum absolute atomic E-state index is 0.286. The summed E-state index contributed by atoms with van der Waals surface area (Å²) in [4.78, 5) is 10.2. The molecule has 3 heteroatoms. The summed E-state index contributed by atoms with van der Waals surface area (Å²) in [6.07, 6.45) is 3.58. The molecule has 4 atom stereocenters. The van der Waals surface area contributed by atoms with Crippen LogP contribution in [0.25, 0.3) is 0 Å². The third kappa shape index (κ3) is 1.03. The summed E-state index contributed by atoms with van der Waals surface area (Å²) >= 11 is 0. The Labute approximate surface area is 66.1 Å². The van der Waals surface area contributed by atoms with Crippen molar-refractivity contribution in [2.75, 3.05) is 0 Å². The Morgan fingerprint density at radius 3 is 2.73 bits per heavy atom. The zero-order valence-electron chi connectivity index (χ0n) is 6.62. The number of hydrogen-bond donors (Lipinski definition) is 1. The van der Waals surface area contributed by atoms with Crippen molar-refractivity contribution in [3.63, 3.8) is 0 Å². The fourth-order valence-corrected chi connectivity index (χ4v) is 2.14. The molecule has 0 spiro atoms. The molecule has 62 valence electrons. The third-order valence-corrected chi connectivity index (χ3v) is 2.81. The van der Waals surface area contributed by atoms with E-state index >= 15 is 0 Å². The average Bonchev–Trinajstić information content (AvgIpc) is 2.47. The first-order valence-electron chi connectivity index (χ1n) is 4.16. The molecule has 3 nitrogen and oxygen atoms in total. The fraction of sp³-hybridized carbons (Fsp3) is 0.875. The lowest BCUT2D eigenvalue weighted by molar-refractivity contribution is -0.110. The maximum Gasteiger partial charge on any atom is 0.207 e. The van der Waals surface area contributed by atoms with Gasteiger partial charge in [0.1, 0.15) is 0 Å². The number of carbonyl (C=O) groups is 1. The van der Waals surface area contributed by atoms with Gasteiger partial charge in [-0.1, -0.05) is 6.92 Å². The molecule has 2 aliphatic heterocycles. The van der Waals surface area contributed by atoms with Gasteiger partial charge in [0.2, 0.25) is 6.41 Å². The minimum atomic E-state index is 0.286. The van der Waals surface area contributed by atoms with Crippen molar-refractivity contribution >= 4 is 6.41 Å². The zero-order chi connectivity index (χ0) is 7.84. The second-order valence-electron chi connectivity index (χ2n) is 3.55. The first kappa shape index (κ1) is 7.10. The van der Waals surface area contributed by atoms with E-state index in [1.807, 2.05) is 0 Å². The molecule has 2 saturated heterocycles. The number of fused-ring (bicyclic) bond motifs is 2. The van der Waals surface area contributed by atoms with Gasteiger partial charge in [0, 0.05) is 0 Å². The number of nitrogens with one attached hydrogen (secondary N) is 1. The number of ether oxygens (including phenoxy) is 1. The predicted molar refractivity (Wildman–Crippen MR) is 40.0 cm³/mol. The normalized spacial score (nSPS) is 47.7. The van der Waals surface area contributed by atoms with E-state index in [4.69, 9.17) is 4.74 Å². The van der Waals surface area contributed by atoms with Crippen LogP contribution in [0.1, 0.15) is 19.8 Å². The van der Waals surface area contributed by atoms with Crippen LogP contribution in [-0.4, -0.2) is 24.7 Å². The summed E-state index contributed by atoms with van der Waals surface area (Å²) in [6, 6.07) is 0.286. The minimum Gasteiger partial charge on any atom is -0.372 e. The van der Waals surface area contributed by atoms with Crippen molar-refractivity contribution in [2.24, 2.45) is 5.92 Å². The van der Waals surface area contributed by atoms with Crippen LogP contribution in [0, 0.1) is 5.92 Å². The lowest BCUT2D eigenvalue weighted by Gasteiger charge is -2.20. The molecule has 2 fully saturated rings. The quantitative estimate of drug-likeness (QED) is 0.582. The Morgan fingerprint density at radius 1 is 1.45 bits per heavy atom. The number of hydrogen-bond acceptors (Lipinski definition) is 2. The molecule has 2 aliphatic rings. The highest BCUT2D eigenvalue weighted by molar-refractivity contribution is 5.47. The molecule has 2 rings (SSSR count). The number of rotatable bonds is 2. The Hall–Kier alpha value is -0.570. The lowest BCUT2D eigenvalue weighted by atomic mass is 9.87. The Kier molecular flexibility index (Phi) is 1.60. The highest BCUT2D eigenvalue weighted by Crippen LogP contribution is 2.38. The van der Waals surface area contributed by atoms with E-state index in [-0.39, 0.29) is 6.04 Å². The van der Waals surface area contributed by atoms with Gasteiger partial charge in [-0.15, -0.1) is 0 Å². The molecule has 0 saturated carbocycles. The van der Waals surface area contributed by atoms with E-state index in [1.54, 1.807) is 0 Å². The largest absolute Gasteiger partial charge is 0.372 e. The van der Waals surface area contributed by atoms with E-state index in [2.05, 4.69) is 12.2 Å². The third-order valence-electron chi connectivity index (χ3n) is 2.81. The van der Waals surface area contributed by atoms with Crippen molar-refractivity contribution in [2.45, 2.75) is 38.0 Å². The summed E-state index contributed by atoms with van der Waals surface area (Å²) in [5, 5.41) is 2.79. The number of amides is 1. The van der Waals surface area contributed by atoms with Gasteiger partial charge < -0.3 is 10.1 Å². The van der Waals surface area contributed by atoms with Gasteiger partial charge >= 0.3 is 0 Å². The van der Waals surface area contributed by atoms with Crippen LogP contribution in [0.3, 0.4) is 0 Å². The van der Waals surface area contributed by atoms with E-state index in [0.717, 1.165) is 19.3 Å². The molecule has 1 N–H and O–H groups in total. The van der Waals surface area contributed by atoms with Crippen molar-refractivity contribution in [3.05, 3.63) is 0 Å². The molecule has 0 aromatic carbocycles. The topological polar surface area (TPSA) is 38.3 Å². The molecule has 0 aromatic heterocycles. The molecule has 2 heterocycles. The van der Waals surface area contributed by atoms with Crippen molar-refractivity contribution in [1.82, 2.24) is 5.32 Å². The van der Waals surface area contributed by atoms with Crippen LogP contribution in [-0.2, 0) is 9.53 Å². The van der Waals surface area contributed by atoms with Gasteiger partial charge in [-0.3, -0.25) is 4.79 Å². The number of carbonyl (C=O) groups excluding carboxylic acids is 1. The molecule has 0 radical (unpaired) electrons. The van der Waals surface area contributed by atoms with Crippen molar-refractivity contribution < 1.29 is 9.53 Å². The van der Waals surface area contributed by atoms with Gasteiger partial charge in [0.05, 0.1) is 18.2 Å². The summed E-state index contributed by atoms with van der Waals surface area (Å²) in [5.41, 5.74) is 0. The first-order chi connectivity index (χ1) is 5.31. The van der Waals surface area contributed by atoms with E-state index in [9.17, 15) is 4.79 Å². The fourth-order valence-electron chi connectivity index (χ4n) is 2.14. The van der Waals surface area contributed by atoms with E-state index in [1.165, 1.54) is 0 Å². The van der Waals surface area contributed by atoms with Gasteiger partial charge in [-0.05, 0) is 18.8 Å². The molecular formula is C8H13NO2. The van der Waals surface area contributed by atoms with Crippen LogP contribution in [0.15, 0.2) is 0 Å². The van der Waals surface area contributed by atoms with Crippen molar-refractivity contribution in [1.29, 1.82) is 0 Å². The predicted octanol–water partition coefficient (Wildman–Crippen LogP) is 0.298. The van der Waals surface area contributed by atoms with Crippen LogP contribution < -0.4 is 5.32 Å². The smallest absolute Gasteiger partial charge is 0.207 e. The van der Waals surface area contributed by atoms with Crippen molar-refractivity contribution in [3.8, 4) is 0 Å². The van der Waals surface area contributed by atoms with Crippen LogP contribution in [0.4, 0.5) is 0 Å². The molecule has 11 heavy (non-hydrogen) atoms. The standard InChI is InChI=1S/C8H13NO2/c1-5-2-8-6(9-4-10)3-7(5)11-8/h4-8H,2-3H2,1H3,(H,9,10). The van der Waals surface area contributed by atoms with Gasteiger partial charge in [-0.25, -0.2) is 0 Å². The SMILES string of the molecule is CC1CC2OC1CC2NC=O. The summed E-state index contributed by atoms with van der Waals surface area (Å²) in [7, 11) is 0. The summed E-state index contributed by atoms with van der Waals surface area (Å²) in [6.45, 7) is 2.21. The van der Waals surface area contributed by atoms with Gasteiger partial charge in [0.25, 0.3) is 0 Å². The molecule has 4 unspecified atom stereocenters. The van der Waals surface area contributed by atoms with E-state index < -0.39 is 0 Å². The summed E-state index contributed by atoms with van der Waals surface area (Å²) in [5.74, 6) is 0.685. The Bertz CT molecular complexity index is 169. The molecule has 1 amide bonds. The highest BCUT2D eigenvalue weighted by Gasteiger charge is 2.44. The second kappa shape index (κ2) is 2.48. The van der Waals surface area contributed by atoms with Crippen LogP contribution >= 0.6 is 0 Å². The first-order valence-corrected chi connectivity index (χ1v) is 4.16. The maximum absolute atomic E-state index is 10.2. The summed E-state index contributed by atoms with van der Waals surface area (Å²) < 4.78 is 5.63. The Morgan fingerprint density at radius 2 is 2.27 bits per heavy atom. The second-order valence-corrected chi connectivity index (χ2v) is 3.55. The monoisotopic (exact) mass is 155 g/mol. The molecule has 2 bridgehead atoms. The van der Waals surface area contributed by atoms with Crippen LogP contribution in [0.2, 0.25) is 0 Å². The Balaban J connectivity index is 1.97. The molecule has 0 aromatic rings. The molecular weight excluding hydrogens is 142 g/mol. The maximum atomic E-state index is 10.2. The van der Waals surface area contributed by atoms with Crippen LogP contribution in [0.5, 0.6) is 0 Å². The van der Waals surface area contributed by atoms with Gasteiger partial charge in [0.15, 0.2) is 0 Å². The molecule has 0 aliphatic carbocycles. The lowest BCUT2D eigenvalue weighted by Crippen LogP contribution is -2.38. The zero-order valence-corrected chi connectivity index (χ0v) is 6.62.